The molecule has 0 spiro atoms. The molecule has 0 saturated heterocycles. The van der Waals surface area contributed by atoms with Gasteiger partial charge in [0.05, 0.1) is 22.9 Å². The van der Waals surface area contributed by atoms with Crippen molar-refractivity contribution < 1.29 is 0 Å². The number of hydrogen-bond acceptors (Lipinski definition) is 2. The van der Waals surface area contributed by atoms with Crippen LogP contribution in [0, 0.1) is 6.92 Å². The van der Waals surface area contributed by atoms with Gasteiger partial charge >= 0.3 is 0 Å². The first-order chi connectivity index (χ1) is 7.27. The molecule has 0 amide bonds. The Morgan fingerprint density at radius 3 is 2.93 bits per heavy atom. The van der Waals surface area contributed by atoms with E-state index >= 15 is 0 Å². The Balaban J connectivity index is 2.11. The lowest BCUT2D eigenvalue weighted by atomic mass is 10.2. The quantitative estimate of drug-likeness (QED) is 0.837. The zero-order chi connectivity index (χ0) is 10.7. The third-order valence-corrected chi connectivity index (χ3v) is 2.55. The van der Waals surface area contributed by atoms with Crippen LogP contribution in [0.2, 0.25) is 5.02 Å². The van der Waals surface area contributed by atoms with Crippen molar-refractivity contribution in [1.29, 1.82) is 0 Å². The third kappa shape index (κ3) is 2.30. The van der Waals surface area contributed by atoms with Gasteiger partial charge in [0, 0.05) is 6.20 Å². The Bertz CT molecular complexity index is 417. The first kappa shape index (κ1) is 10.1. The molecule has 3 nitrogen and oxygen atoms in total. The molecule has 0 radical (unpaired) electrons. The summed E-state index contributed by atoms with van der Waals surface area (Å²) in [5.74, 6) is 0. The van der Waals surface area contributed by atoms with Crippen molar-refractivity contribution in [1.82, 2.24) is 10.2 Å². The second-order valence-electron chi connectivity index (χ2n) is 3.37. The minimum atomic E-state index is 0.699. The molecule has 0 unspecified atom stereocenters. The summed E-state index contributed by atoms with van der Waals surface area (Å²) in [4.78, 5) is 0. The highest BCUT2D eigenvalue weighted by Gasteiger charge is 2.02. The maximum absolute atomic E-state index is 6.08. The van der Waals surface area contributed by atoms with Gasteiger partial charge in [-0.1, -0.05) is 23.7 Å². The average molecular weight is 222 g/mol. The van der Waals surface area contributed by atoms with Gasteiger partial charge in [-0.2, -0.15) is 5.10 Å². The van der Waals surface area contributed by atoms with E-state index in [2.05, 4.69) is 15.5 Å². The summed E-state index contributed by atoms with van der Waals surface area (Å²) in [6.45, 7) is 2.73. The topological polar surface area (TPSA) is 40.7 Å². The molecule has 1 aromatic heterocycles. The Hall–Kier alpha value is -1.48. The van der Waals surface area contributed by atoms with Crippen molar-refractivity contribution in [2.24, 2.45) is 0 Å². The fraction of sp³-hybridized carbons (Fsp3) is 0.182. The molecule has 0 aliphatic carbocycles. The molecule has 78 valence electrons. The normalized spacial score (nSPS) is 10.3. The maximum atomic E-state index is 6.08. The molecule has 4 heteroatoms. The number of halogens is 1. The molecule has 0 atom stereocenters. The second-order valence-corrected chi connectivity index (χ2v) is 3.77. The van der Waals surface area contributed by atoms with Crippen LogP contribution in [0.3, 0.4) is 0 Å². The largest absolute Gasteiger partial charge is 0.378 e. The standard InChI is InChI=1S/C11H12ClN3/c1-8-3-2-4-10(12)11(8)13-7-9-5-6-14-15-9/h2-6,13H,7H2,1H3,(H,14,15). The monoisotopic (exact) mass is 221 g/mol. The Labute approximate surface area is 93.5 Å². The van der Waals surface area contributed by atoms with Gasteiger partial charge in [-0.25, -0.2) is 0 Å². The average Bonchev–Trinajstić information content (AvgIpc) is 2.70. The number of aromatic amines is 1. The summed E-state index contributed by atoms with van der Waals surface area (Å²) in [6, 6.07) is 7.78. The Morgan fingerprint density at radius 2 is 2.27 bits per heavy atom. The summed E-state index contributed by atoms with van der Waals surface area (Å²) in [5, 5.41) is 10.8. The van der Waals surface area contributed by atoms with Crippen LogP contribution in [0.25, 0.3) is 0 Å². The maximum Gasteiger partial charge on any atom is 0.0640 e. The van der Waals surface area contributed by atoms with E-state index in [1.165, 1.54) is 0 Å². The Kier molecular flexibility index (Phi) is 2.92. The number of nitrogens with zero attached hydrogens (tertiary/aromatic N) is 1. The van der Waals surface area contributed by atoms with Crippen molar-refractivity contribution in [2.75, 3.05) is 5.32 Å². The van der Waals surface area contributed by atoms with Crippen LogP contribution >= 0.6 is 11.6 Å². The molecule has 15 heavy (non-hydrogen) atoms. The highest BCUT2D eigenvalue weighted by atomic mass is 35.5. The molecule has 0 fully saturated rings. The van der Waals surface area contributed by atoms with Gasteiger partial charge in [-0.15, -0.1) is 0 Å². The molecule has 2 rings (SSSR count). The summed E-state index contributed by atoms with van der Waals surface area (Å²) < 4.78 is 0. The van der Waals surface area contributed by atoms with Crippen LogP contribution in [-0.4, -0.2) is 10.2 Å². The van der Waals surface area contributed by atoms with Gasteiger partial charge in [0.15, 0.2) is 0 Å². The van der Waals surface area contributed by atoms with Crippen molar-refractivity contribution in [3.05, 3.63) is 46.7 Å². The van der Waals surface area contributed by atoms with Crippen molar-refractivity contribution >= 4 is 17.3 Å². The van der Waals surface area contributed by atoms with E-state index in [0.717, 1.165) is 22.0 Å². The molecule has 0 aliphatic heterocycles. The van der Waals surface area contributed by atoms with Crippen LogP contribution in [0.5, 0.6) is 0 Å². The van der Waals surface area contributed by atoms with Gasteiger partial charge in [-0.05, 0) is 24.6 Å². The van der Waals surface area contributed by atoms with Crippen molar-refractivity contribution in [3.63, 3.8) is 0 Å². The molecule has 0 aliphatic rings. The smallest absolute Gasteiger partial charge is 0.0640 e. The van der Waals surface area contributed by atoms with Crippen molar-refractivity contribution in [3.8, 4) is 0 Å². The van der Waals surface area contributed by atoms with Crippen LogP contribution < -0.4 is 5.32 Å². The van der Waals surface area contributed by atoms with E-state index in [-0.39, 0.29) is 0 Å². The fourth-order valence-corrected chi connectivity index (χ4v) is 1.71. The molecular formula is C11H12ClN3. The van der Waals surface area contributed by atoms with Gasteiger partial charge in [0.25, 0.3) is 0 Å². The molecular weight excluding hydrogens is 210 g/mol. The molecule has 2 N–H and O–H groups in total. The van der Waals surface area contributed by atoms with E-state index in [0.29, 0.717) is 6.54 Å². The van der Waals surface area contributed by atoms with Gasteiger partial charge in [0.2, 0.25) is 0 Å². The van der Waals surface area contributed by atoms with Crippen LogP contribution in [0.15, 0.2) is 30.5 Å². The van der Waals surface area contributed by atoms with Gasteiger partial charge < -0.3 is 5.32 Å². The molecule has 0 bridgehead atoms. The lowest BCUT2D eigenvalue weighted by Crippen LogP contribution is -2.01. The fourth-order valence-electron chi connectivity index (χ4n) is 1.42. The third-order valence-electron chi connectivity index (χ3n) is 2.24. The first-order valence-electron chi connectivity index (χ1n) is 4.74. The molecule has 0 saturated carbocycles. The summed E-state index contributed by atoms with van der Waals surface area (Å²) >= 11 is 6.08. The van der Waals surface area contributed by atoms with E-state index in [4.69, 9.17) is 11.6 Å². The predicted molar refractivity (Wildman–Crippen MR) is 62.1 cm³/mol. The molecule has 1 heterocycles. The lowest BCUT2D eigenvalue weighted by molar-refractivity contribution is 0.980. The van der Waals surface area contributed by atoms with E-state index in [1.807, 2.05) is 31.2 Å². The van der Waals surface area contributed by atoms with Crippen LogP contribution in [0.4, 0.5) is 5.69 Å². The van der Waals surface area contributed by atoms with E-state index in [1.54, 1.807) is 6.20 Å². The summed E-state index contributed by atoms with van der Waals surface area (Å²) in [7, 11) is 0. The first-order valence-corrected chi connectivity index (χ1v) is 5.12. The Morgan fingerprint density at radius 1 is 1.40 bits per heavy atom. The number of rotatable bonds is 3. The minimum Gasteiger partial charge on any atom is -0.378 e. The number of nitrogens with one attached hydrogen (secondary N) is 2. The molecule has 2 aromatic rings. The lowest BCUT2D eigenvalue weighted by Gasteiger charge is -2.09. The van der Waals surface area contributed by atoms with Gasteiger partial charge in [-0.3, -0.25) is 5.10 Å². The number of aryl methyl sites for hydroxylation is 1. The highest BCUT2D eigenvalue weighted by molar-refractivity contribution is 6.33. The van der Waals surface area contributed by atoms with E-state index < -0.39 is 0 Å². The number of H-pyrrole nitrogens is 1. The minimum absolute atomic E-state index is 0.699. The molecule has 1 aromatic carbocycles. The highest BCUT2D eigenvalue weighted by Crippen LogP contribution is 2.25. The predicted octanol–water partition coefficient (Wildman–Crippen LogP) is 2.98. The SMILES string of the molecule is Cc1cccc(Cl)c1NCc1ccn[nH]1. The summed E-state index contributed by atoms with van der Waals surface area (Å²) in [5.41, 5.74) is 3.16. The van der Waals surface area contributed by atoms with Crippen molar-refractivity contribution in [2.45, 2.75) is 13.5 Å². The van der Waals surface area contributed by atoms with Crippen LogP contribution in [-0.2, 0) is 6.54 Å². The summed E-state index contributed by atoms with van der Waals surface area (Å²) in [6.07, 6.45) is 1.73. The number of aromatic nitrogens is 2. The number of para-hydroxylation sites is 1. The van der Waals surface area contributed by atoms with Gasteiger partial charge in [0.1, 0.15) is 0 Å². The second kappa shape index (κ2) is 4.36. The zero-order valence-electron chi connectivity index (χ0n) is 8.42. The number of benzene rings is 1. The number of hydrogen-bond donors (Lipinski definition) is 2. The zero-order valence-corrected chi connectivity index (χ0v) is 9.17. The number of anilines is 1. The van der Waals surface area contributed by atoms with Crippen LogP contribution in [0.1, 0.15) is 11.3 Å². The van der Waals surface area contributed by atoms with E-state index in [9.17, 15) is 0 Å².